The third kappa shape index (κ3) is 4.29. The van der Waals surface area contributed by atoms with E-state index in [4.69, 9.17) is 0 Å². The largest absolute Gasteiger partial charge is 0.325 e. The smallest absolute Gasteiger partial charge is 0.242 e. The Morgan fingerprint density at radius 2 is 2.04 bits per heavy atom. The zero-order chi connectivity index (χ0) is 19.6. The van der Waals surface area contributed by atoms with Gasteiger partial charge in [-0.2, -0.15) is 0 Å². The molecule has 0 fully saturated rings. The van der Waals surface area contributed by atoms with E-state index < -0.39 is 15.3 Å². The van der Waals surface area contributed by atoms with Crippen LogP contribution in [0.25, 0.3) is 10.2 Å². The van der Waals surface area contributed by atoms with Gasteiger partial charge in [0.1, 0.15) is 16.2 Å². The monoisotopic (exact) mass is 422 g/mol. The molecule has 142 valence electrons. The first kappa shape index (κ1) is 19.7. The van der Waals surface area contributed by atoms with E-state index in [0.29, 0.717) is 5.69 Å². The first-order valence-electron chi connectivity index (χ1n) is 7.97. The fraction of sp³-hybridized carbons (Fsp3) is 0.235. The van der Waals surface area contributed by atoms with Crippen LogP contribution in [0, 0.1) is 0 Å². The third-order valence-corrected chi connectivity index (χ3v) is 7.51. The fourth-order valence-corrected chi connectivity index (χ4v) is 4.92. The average molecular weight is 423 g/mol. The Bertz CT molecular complexity index is 1080. The number of amides is 1. The summed E-state index contributed by atoms with van der Waals surface area (Å²) in [4.78, 5) is 22.0. The predicted molar refractivity (Wildman–Crippen MR) is 109 cm³/mol. The fourth-order valence-electron chi connectivity index (χ4n) is 2.27. The summed E-state index contributed by atoms with van der Waals surface area (Å²) >= 11 is 2.86. The van der Waals surface area contributed by atoms with Crippen LogP contribution in [-0.2, 0) is 14.8 Å². The minimum Gasteiger partial charge on any atom is -0.325 e. The van der Waals surface area contributed by atoms with Gasteiger partial charge in [0.05, 0.1) is 10.1 Å². The van der Waals surface area contributed by atoms with E-state index in [1.54, 1.807) is 19.1 Å². The minimum atomic E-state index is -3.56. The van der Waals surface area contributed by atoms with E-state index in [2.05, 4.69) is 15.3 Å². The van der Waals surface area contributed by atoms with Crippen molar-refractivity contribution in [1.29, 1.82) is 0 Å². The number of hydrogen-bond donors (Lipinski definition) is 1. The Morgan fingerprint density at radius 1 is 1.26 bits per heavy atom. The quantitative estimate of drug-likeness (QED) is 0.485. The van der Waals surface area contributed by atoms with Gasteiger partial charge in [-0.1, -0.05) is 17.8 Å². The molecule has 1 unspecified atom stereocenters. The molecule has 10 heteroatoms. The van der Waals surface area contributed by atoms with Gasteiger partial charge in [-0.05, 0) is 36.6 Å². The van der Waals surface area contributed by atoms with Crippen molar-refractivity contribution in [2.45, 2.75) is 22.1 Å². The summed E-state index contributed by atoms with van der Waals surface area (Å²) in [5.41, 5.74) is 0.429. The number of carbonyl (C=O) groups excluding carboxylic acids is 1. The number of rotatable bonds is 6. The van der Waals surface area contributed by atoms with E-state index in [1.807, 2.05) is 11.4 Å². The second kappa shape index (κ2) is 7.93. The molecule has 27 heavy (non-hydrogen) atoms. The van der Waals surface area contributed by atoms with Crippen molar-refractivity contribution in [2.24, 2.45) is 0 Å². The van der Waals surface area contributed by atoms with Crippen LogP contribution in [0.1, 0.15) is 6.92 Å². The van der Waals surface area contributed by atoms with Crippen molar-refractivity contribution in [1.82, 2.24) is 14.3 Å². The number of nitrogens with one attached hydrogen (secondary N) is 1. The highest BCUT2D eigenvalue weighted by Gasteiger charge is 2.20. The van der Waals surface area contributed by atoms with Gasteiger partial charge in [0.2, 0.25) is 15.9 Å². The number of hydrogen-bond acceptors (Lipinski definition) is 7. The Labute approximate surface area is 165 Å². The molecular weight excluding hydrogens is 404 g/mol. The lowest BCUT2D eigenvalue weighted by atomic mass is 10.3. The number of thiophene rings is 1. The molecule has 1 aromatic carbocycles. The van der Waals surface area contributed by atoms with Crippen LogP contribution in [-0.4, -0.2) is 47.9 Å². The molecule has 7 nitrogen and oxygen atoms in total. The van der Waals surface area contributed by atoms with Crippen LogP contribution in [0.3, 0.4) is 0 Å². The summed E-state index contributed by atoms with van der Waals surface area (Å²) < 4.78 is 25.6. The highest BCUT2D eigenvalue weighted by Crippen LogP contribution is 2.30. The summed E-state index contributed by atoms with van der Waals surface area (Å²) in [5, 5.41) is 5.95. The van der Waals surface area contributed by atoms with E-state index in [-0.39, 0.29) is 10.8 Å². The number of thioether (sulfide) groups is 1. The maximum absolute atomic E-state index is 12.6. The number of sulfonamides is 1. The number of aromatic nitrogens is 2. The summed E-state index contributed by atoms with van der Waals surface area (Å²) in [6.07, 6.45) is 1.49. The molecule has 1 N–H and O–H groups in total. The van der Waals surface area contributed by atoms with Crippen molar-refractivity contribution < 1.29 is 13.2 Å². The molecule has 0 aliphatic rings. The number of benzene rings is 1. The normalized spacial score (nSPS) is 13.0. The summed E-state index contributed by atoms with van der Waals surface area (Å²) in [6.45, 7) is 1.78. The van der Waals surface area contributed by atoms with Crippen molar-refractivity contribution in [2.75, 3.05) is 19.4 Å². The molecule has 0 saturated carbocycles. The summed E-state index contributed by atoms with van der Waals surface area (Å²) in [7, 11) is -0.632. The first-order chi connectivity index (χ1) is 12.8. The van der Waals surface area contributed by atoms with E-state index >= 15 is 0 Å². The van der Waals surface area contributed by atoms with Crippen LogP contribution in [0.4, 0.5) is 5.69 Å². The van der Waals surface area contributed by atoms with Crippen LogP contribution < -0.4 is 5.32 Å². The summed E-state index contributed by atoms with van der Waals surface area (Å²) in [5.74, 6) is -0.235. The molecular formula is C17H18N4O3S3. The maximum atomic E-state index is 12.6. The lowest BCUT2D eigenvalue weighted by molar-refractivity contribution is -0.115. The molecule has 2 aromatic heterocycles. The average Bonchev–Trinajstić information content (AvgIpc) is 3.11. The van der Waals surface area contributed by atoms with Crippen LogP contribution in [0.15, 0.2) is 52.0 Å². The van der Waals surface area contributed by atoms with Gasteiger partial charge in [-0.15, -0.1) is 11.3 Å². The minimum absolute atomic E-state index is 0.126. The number of anilines is 1. The third-order valence-electron chi connectivity index (χ3n) is 3.76. The second-order valence-corrected chi connectivity index (χ2v) is 10.3. The lowest BCUT2D eigenvalue weighted by Crippen LogP contribution is -2.24. The molecule has 3 rings (SSSR count). The van der Waals surface area contributed by atoms with Gasteiger partial charge in [-0.25, -0.2) is 22.7 Å². The molecule has 0 bridgehead atoms. The van der Waals surface area contributed by atoms with Gasteiger partial charge >= 0.3 is 0 Å². The van der Waals surface area contributed by atoms with Gasteiger partial charge in [0, 0.05) is 25.2 Å². The lowest BCUT2D eigenvalue weighted by Gasteiger charge is -2.14. The molecule has 0 aliphatic carbocycles. The highest BCUT2D eigenvalue weighted by molar-refractivity contribution is 8.00. The van der Waals surface area contributed by atoms with Gasteiger partial charge in [0.15, 0.2) is 0 Å². The van der Waals surface area contributed by atoms with E-state index in [1.165, 1.54) is 55.7 Å². The Kier molecular flexibility index (Phi) is 5.80. The van der Waals surface area contributed by atoms with Crippen LogP contribution in [0.2, 0.25) is 0 Å². The molecule has 3 aromatic rings. The molecule has 0 radical (unpaired) electrons. The molecule has 0 saturated heterocycles. The SMILES string of the molecule is CC(Sc1ncnc2sccc12)C(=O)Nc1cccc(S(=O)(=O)N(C)C)c1. The first-order valence-corrected chi connectivity index (χ1v) is 11.2. The van der Waals surface area contributed by atoms with Crippen molar-refractivity contribution in [3.63, 3.8) is 0 Å². The van der Waals surface area contributed by atoms with Crippen molar-refractivity contribution in [3.8, 4) is 0 Å². The van der Waals surface area contributed by atoms with Gasteiger partial charge in [0.25, 0.3) is 0 Å². The molecule has 1 amide bonds. The van der Waals surface area contributed by atoms with Gasteiger partial charge < -0.3 is 5.32 Å². The van der Waals surface area contributed by atoms with Crippen molar-refractivity contribution >= 4 is 54.9 Å². The number of nitrogens with zero attached hydrogens (tertiary/aromatic N) is 3. The van der Waals surface area contributed by atoms with E-state index in [0.717, 1.165) is 19.5 Å². The zero-order valence-electron chi connectivity index (χ0n) is 14.9. The van der Waals surface area contributed by atoms with Crippen LogP contribution >= 0.6 is 23.1 Å². The molecule has 0 spiro atoms. The van der Waals surface area contributed by atoms with Gasteiger partial charge in [-0.3, -0.25) is 4.79 Å². The second-order valence-electron chi connectivity index (χ2n) is 5.88. The Morgan fingerprint density at radius 3 is 2.78 bits per heavy atom. The number of fused-ring (bicyclic) bond motifs is 1. The number of carbonyl (C=O) groups is 1. The molecule has 1 atom stereocenters. The molecule has 2 heterocycles. The highest BCUT2D eigenvalue weighted by atomic mass is 32.2. The Balaban J connectivity index is 1.74. The predicted octanol–water partition coefficient (Wildman–Crippen LogP) is 3.06. The zero-order valence-corrected chi connectivity index (χ0v) is 17.4. The van der Waals surface area contributed by atoms with E-state index in [9.17, 15) is 13.2 Å². The standard InChI is InChI=1S/C17H18N4O3S3/c1-11(26-17-14-7-8-25-16(14)18-10-19-17)15(22)20-12-5-4-6-13(9-12)27(23,24)21(2)3/h4-11H,1-3H3,(H,20,22). The maximum Gasteiger partial charge on any atom is 0.242 e. The Hall–Kier alpha value is -2.01. The van der Waals surface area contributed by atoms with Crippen molar-refractivity contribution in [3.05, 3.63) is 42.0 Å². The molecule has 0 aliphatic heterocycles. The topological polar surface area (TPSA) is 92.3 Å². The van der Waals surface area contributed by atoms with Crippen LogP contribution in [0.5, 0.6) is 0 Å². The summed E-state index contributed by atoms with van der Waals surface area (Å²) in [6, 6.07) is 8.14.